The molecule has 3 nitrogen and oxygen atoms in total. The molecule has 0 N–H and O–H groups in total. The third kappa shape index (κ3) is 3.82. The summed E-state index contributed by atoms with van der Waals surface area (Å²) in [5, 5.41) is 0.0640. The first kappa shape index (κ1) is 17.3. The molecule has 0 radical (unpaired) electrons. The first-order valence-corrected chi connectivity index (χ1v) is 8.31. The van der Waals surface area contributed by atoms with Gasteiger partial charge in [0.1, 0.15) is 0 Å². The molecule has 0 aromatic heterocycles. The standard InChI is InChI=1S/C16H14F3O3P/c1-11-3-7-13(8-4-11)23(21,22-15(20)16(17,18)19)14-9-5-12(2)6-10-14/h3-10H,1-2H3. The van der Waals surface area contributed by atoms with Gasteiger partial charge in [0.05, 0.1) is 10.6 Å². The van der Waals surface area contributed by atoms with Crippen LogP contribution in [0.2, 0.25) is 0 Å². The maximum absolute atomic E-state index is 13.2. The molecule has 0 saturated carbocycles. The molecule has 0 amide bonds. The highest BCUT2D eigenvalue weighted by molar-refractivity contribution is 7.74. The van der Waals surface area contributed by atoms with Crippen LogP contribution in [0.4, 0.5) is 13.2 Å². The molecule has 0 fully saturated rings. The van der Waals surface area contributed by atoms with Gasteiger partial charge in [0.2, 0.25) is 0 Å². The highest BCUT2D eigenvalue weighted by Gasteiger charge is 2.46. The number of rotatable bonds is 3. The number of hydrogen-bond donors (Lipinski definition) is 0. The zero-order valence-electron chi connectivity index (χ0n) is 12.4. The summed E-state index contributed by atoms with van der Waals surface area (Å²) in [6.45, 7) is 3.56. The van der Waals surface area contributed by atoms with Gasteiger partial charge in [-0.1, -0.05) is 35.4 Å². The number of benzene rings is 2. The first-order valence-electron chi connectivity index (χ1n) is 6.68. The lowest BCUT2D eigenvalue weighted by Gasteiger charge is -2.20. The maximum Gasteiger partial charge on any atom is 0.491 e. The van der Waals surface area contributed by atoms with E-state index in [-0.39, 0.29) is 10.6 Å². The number of carbonyl (C=O) groups is 1. The average Bonchev–Trinajstić information content (AvgIpc) is 2.47. The van der Waals surface area contributed by atoms with E-state index in [0.717, 1.165) is 11.1 Å². The Morgan fingerprint density at radius 2 is 1.22 bits per heavy atom. The molecule has 0 unspecified atom stereocenters. The zero-order valence-corrected chi connectivity index (χ0v) is 13.3. The molecule has 7 heteroatoms. The SMILES string of the molecule is Cc1ccc(P(=O)(OC(=O)C(F)(F)F)c2ccc(C)cc2)cc1. The van der Waals surface area contributed by atoms with Gasteiger partial charge in [-0.15, -0.1) is 0 Å². The quantitative estimate of drug-likeness (QED) is 0.800. The molecule has 0 aliphatic carbocycles. The molecule has 0 aliphatic rings. The highest BCUT2D eigenvalue weighted by atomic mass is 31.2. The second-order valence-corrected chi connectivity index (χ2v) is 7.42. The Bertz CT molecular complexity index is 700. The Morgan fingerprint density at radius 1 is 0.870 bits per heavy atom. The van der Waals surface area contributed by atoms with Gasteiger partial charge in [0.25, 0.3) is 0 Å². The van der Waals surface area contributed by atoms with E-state index in [0.29, 0.717) is 0 Å². The Labute approximate surface area is 131 Å². The zero-order chi connectivity index (χ0) is 17.3. The summed E-state index contributed by atoms with van der Waals surface area (Å²) < 4.78 is 55.2. The van der Waals surface area contributed by atoms with Crippen LogP contribution in [-0.2, 0) is 13.9 Å². The minimum Gasteiger partial charge on any atom is -0.398 e. The number of carbonyl (C=O) groups excluding carboxylic acids is 1. The molecule has 2 rings (SSSR count). The van der Waals surface area contributed by atoms with Crippen molar-refractivity contribution in [3.8, 4) is 0 Å². The van der Waals surface area contributed by atoms with Crippen molar-refractivity contribution in [2.75, 3.05) is 0 Å². The van der Waals surface area contributed by atoms with Crippen LogP contribution >= 0.6 is 7.37 Å². The fourth-order valence-corrected chi connectivity index (χ4v) is 3.83. The van der Waals surface area contributed by atoms with Crippen LogP contribution in [0, 0.1) is 13.8 Å². The lowest BCUT2D eigenvalue weighted by Crippen LogP contribution is -2.29. The first-order chi connectivity index (χ1) is 10.6. The van der Waals surface area contributed by atoms with Crippen LogP contribution < -0.4 is 10.6 Å². The smallest absolute Gasteiger partial charge is 0.398 e. The van der Waals surface area contributed by atoms with E-state index in [1.807, 2.05) is 0 Å². The fraction of sp³-hybridized carbons (Fsp3) is 0.188. The largest absolute Gasteiger partial charge is 0.491 e. The lowest BCUT2D eigenvalue weighted by molar-refractivity contribution is -0.189. The van der Waals surface area contributed by atoms with Gasteiger partial charge in [-0.2, -0.15) is 13.2 Å². The van der Waals surface area contributed by atoms with Crippen LogP contribution in [0.15, 0.2) is 48.5 Å². The second kappa shape index (κ2) is 6.20. The molecule has 0 spiro atoms. The van der Waals surface area contributed by atoms with Crippen molar-refractivity contribution in [2.45, 2.75) is 20.0 Å². The topological polar surface area (TPSA) is 43.4 Å². The average molecular weight is 342 g/mol. The molecule has 23 heavy (non-hydrogen) atoms. The predicted molar refractivity (Wildman–Crippen MR) is 81.4 cm³/mol. The van der Waals surface area contributed by atoms with Gasteiger partial charge >= 0.3 is 19.5 Å². The van der Waals surface area contributed by atoms with Crippen molar-refractivity contribution in [3.05, 3.63) is 59.7 Å². The third-order valence-corrected chi connectivity index (χ3v) is 5.57. The second-order valence-electron chi connectivity index (χ2n) is 5.10. The molecule has 122 valence electrons. The highest BCUT2D eigenvalue weighted by Crippen LogP contribution is 2.46. The van der Waals surface area contributed by atoms with Crippen molar-refractivity contribution in [1.82, 2.24) is 0 Å². The van der Waals surface area contributed by atoms with Crippen LogP contribution in [0.3, 0.4) is 0 Å². The molecule has 0 aliphatic heterocycles. The van der Waals surface area contributed by atoms with E-state index in [2.05, 4.69) is 4.52 Å². The number of aryl methyl sites for hydroxylation is 2. The monoisotopic (exact) mass is 342 g/mol. The van der Waals surface area contributed by atoms with Crippen LogP contribution in [0.25, 0.3) is 0 Å². The van der Waals surface area contributed by atoms with Crippen molar-refractivity contribution in [2.24, 2.45) is 0 Å². The van der Waals surface area contributed by atoms with E-state index in [4.69, 9.17) is 0 Å². The van der Waals surface area contributed by atoms with E-state index in [9.17, 15) is 22.5 Å². The van der Waals surface area contributed by atoms with Gasteiger partial charge in [-0.25, -0.2) is 4.79 Å². The molecule has 2 aromatic carbocycles. The Hall–Kier alpha value is -2.07. The van der Waals surface area contributed by atoms with Gasteiger partial charge in [0, 0.05) is 0 Å². The van der Waals surface area contributed by atoms with Crippen molar-refractivity contribution in [1.29, 1.82) is 0 Å². The van der Waals surface area contributed by atoms with E-state index in [1.54, 1.807) is 38.1 Å². The number of hydrogen-bond acceptors (Lipinski definition) is 3. The van der Waals surface area contributed by atoms with Crippen LogP contribution in [0.1, 0.15) is 11.1 Å². The summed E-state index contributed by atoms with van der Waals surface area (Å²) in [4.78, 5) is 11.2. The molecular weight excluding hydrogens is 328 g/mol. The van der Waals surface area contributed by atoms with Crippen molar-refractivity contribution >= 4 is 23.9 Å². The molecular formula is C16H14F3O3P. The van der Waals surface area contributed by atoms with E-state index in [1.165, 1.54) is 24.3 Å². The Balaban J connectivity index is 2.54. The Morgan fingerprint density at radius 3 is 1.52 bits per heavy atom. The molecule has 0 heterocycles. The minimum atomic E-state index is -5.22. The van der Waals surface area contributed by atoms with E-state index < -0.39 is 19.5 Å². The molecule has 0 bridgehead atoms. The molecule has 0 saturated heterocycles. The maximum atomic E-state index is 13.2. The molecule has 0 atom stereocenters. The summed E-state index contributed by atoms with van der Waals surface area (Å²) in [5.74, 6) is -2.47. The van der Waals surface area contributed by atoms with Gasteiger partial charge in [-0.05, 0) is 38.1 Å². The number of alkyl halides is 3. The van der Waals surface area contributed by atoms with Gasteiger partial charge < -0.3 is 4.52 Å². The summed E-state index contributed by atoms with van der Waals surface area (Å²) in [5.41, 5.74) is 1.68. The summed E-state index contributed by atoms with van der Waals surface area (Å²) >= 11 is 0. The van der Waals surface area contributed by atoms with Gasteiger partial charge in [-0.3, -0.25) is 4.57 Å². The van der Waals surface area contributed by atoms with Crippen LogP contribution in [0.5, 0.6) is 0 Å². The minimum absolute atomic E-state index is 0.0320. The van der Waals surface area contributed by atoms with Crippen LogP contribution in [-0.4, -0.2) is 12.1 Å². The Kier molecular flexibility index (Phi) is 4.66. The number of halogens is 3. The van der Waals surface area contributed by atoms with Crippen molar-refractivity contribution < 1.29 is 27.1 Å². The molecule has 2 aromatic rings. The van der Waals surface area contributed by atoms with E-state index >= 15 is 0 Å². The van der Waals surface area contributed by atoms with Gasteiger partial charge in [0.15, 0.2) is 0 Å². The summed E-state index contributed by atoms with van der Waals surface area (Å²) in [6.07, 6.45) is -5.22. The predicted octanol–water partition coefficient (Wildman–Crippen LogP) is 3.64. The summed E-state index contributed by atoms with van der Waals surface area (Å²) in [6, 6.07) is 12.0. The fourth-order valence-electron chi connectivity index (χ4n) is 1.91. The third-order valence-electron chi connectivity index (χ3n) is 3.19. The lowest BCUT2D eigenvalue weighted by atomic mass is 10.2. The summed E-state index contributed by atoms with van der Waals surface area (Å²) in [7, 11) is -4.19. The van der Waals surface area contributed by atoms with Crippen molar-refractivity contribution in [3.63, 3.8) is 0 Å². The normalized spacial score (nSPS) is 12.0.